The Labute approximate surface area is 136 Å². The Balaban J connectivity index is 1.99. The molecule has 106 valence electrons. The molecule has 0 saturated heterocycles. The maximum absolute atomic E-state index is 5.78. The quantitative estimate of drug-likeness (QED) is 0.526. The van der Waals surface area contributed by atoms with Crippen molar-refractivity contribution in [2.45, 2.75) is 0 Å². The van der Waals surface area contributed by atoms with Crippen LogP contribution in [-0.2, 0) is 0 Å². The molecule has 2 radical (unpaired) electrons. The summed E-state index contributed by atoms with van der Waals surface area (Å²) in [5.74, 6) is 0.711. The predicted molar refractivity (Wildman–Crippen MR) is 95.8 cm³/mol. The fourth-order valence-corrected chi connectivity index (χ4v) is 2.65. The number of para-hydroxylation sites is 1. The minimum atomic E-state index is 0.711. The van der Waals surface area contributed by atoms with Crippen LogP contribution in [0.3, 0.4) is 0 Å². The molecule has 0 aliphatic heterocycles. The van der Waals surface area contributed by atoms with Gasteiger partial charge in [-0.2, -0.15) is 0 Å². The summed E-state index contributed by atoms with van der Waals surface area (Å²) in [7, 11) is 5.78. The number of rotatable bonds is 2. The van der Waals surface area contributed by atoms with Crippen LogP contribution in [0.15, 0.2) is 78.9 Å². The van der Waals surface area contributed by atoms with E-state index in [2.05, 4.69) is 18.2 Å². The highest BCUT2D eigenvalue weighted by atomic mass is 14.9. The summed E-state index contributed by atoms with van der Waals surface area (Å²) in [5, 5.41) is 1.05. The number of benzene rings is 3. The lowest BCUT2D eigenvalue weighted by molar-refractivity contribution is 1.23. The Bertz CT molecular complexity index is 964. The SMILES string of the molecule is [B]c1ccc(-c2nc(-c3ccccc3)c3ccccc3n2)cc1. The number of fused-ring (bicyclic) bond motifs is 1. The molecular formula is C20H13BN2. The fraction of sp³-hybridized carbons (Fsp3) is 0. The van der Waals surface area contributed by atoms with Gasteiger partial charge in [-0.05, 0) is 6.07 Å². The van der Waals surface area contributed by atoms with Gasteiger partial charge in [0, 0.05) is 16.5 Å². The Morgan fingerprint density at radius 2 is 1.30 bits per heavy atom. The molecule has 1 aromatic heterocycles. The molecule has 0 amide bonds. The van der Waals surface area contributed by atoms with Crippen LogP contribution in [0.1, 0.15) is 0 Å². The lowest BCUT2D eigenvalue weighted by Gasteiger charge is -2.09. The van der Waals surface area contributed by atoms with Gasteiger partial charge < -0.3 is 0 Å². The largest absolute Gasteiger partial charge is 0.228 e. The lowest BCUT2D eigenvalue weighted by atomic mass is 9.95. The van der Waals surface area contributed by atoms with E-state index >= 15 is 0 Å². The van der Waals surface area contributed by atoms with Gasteiger partial charge in [-0.15, -0.1) is 0 Å². The zero-order chi connectivity index (χ0) is 15.6. The van der Waals surface area contributed by atoms with Crippen molar-refractivity contribution in [2.24, 2.45) is 0 Å². The van der Waals surface area contributed by atoms with E-state index in [1.54, 1.807) is 0 Å². The zero-order valence-electron chi connectivity index (χ0n) is 12.5. The molecule has 0 unspecified atom stereocenters. The smallest absolute Gasteiger partial charge is 0.160 e. The number of aromatic nitrogens is 2. The van der Waals surface area contributed by atoms with Crippen LogP contribution >= 0.6 is 0 Å². The average Bonchev–Trinajstić information content (AvgIpc) is 2.62. The molecule has 3 heteroatoms. The molecule has 3 aromatic carbocycles. The summed E-state index contributed by atoms with van der Waals surface area (Å²) in [6.45, 7) is 0. The van der Waals surface area contributed by atoms with Gasteiger partial charge in [-0.3, -0.25) is 0 Å². The number of hydrogen-bond donors (Lipinski definition) is 0. The minimum absolute atomic E-state index is 0.711. The zero-order valence-corrected chi connectivity index (χ0v) is 12.5. The first-order valence-corrected chi connectivity index (χ1v) is 7.49. The molecule has 1 heterocycles. The van der Waals surface area contributed by atoms with Gasteiger partial charge in [0.2, 0.25) is 0 Å². The Morgan fingerprint density at radius 3 is 2.09 bits per heavy atom. The van der Waals surface area contributed by atoms with Gasteiger partial charge in [0.15, 0.2) is 5.82 Å². The van der Waals surface area contributed by atoms with Crippen molar-refractivity contribution in [1.82, 2.24) is 9.97 Å². The Hall–Kier alpha value is -2.94. The summed E-state index contributed by atoms with van der Waals surface area (Å²) in [4.78, 5) is 9.53. The van der Waals surface area contributed by atoms with Crippen LogP contribution in [0.4, 0.5) is 0 Å². The van der Waals surface area contributed by atoms with Crippen LogP contribution < -0.4 is 5.46 Å². The van der Waals surface area contributed by atoms with Crippen molar-refractivity contribution in [3.8, 4) is 22.6 Å². The second-order valence-corrected chi connectivity index (χ2v) is 5.40. The molecule has 0 spiro atoms. The molecule has 0 bridgehead atoms. The highest BCUT2D eigenvalue weighted by Crippen LogP contribution is 2.28. The number of nitrogens with zero attached hydrogens (tertiary/aromatic N) is 2. The lowest BCUT2D eigenvalue weighted by Crippen LogP contribution is -2.01. The van der Waals surface area contributed by atoms with Gasteiger partial charge in [0.1, 0.15) is 7.85 Å². The third-order valence-electron chi connectivity index (χ3n) is 3.82. The third kappa shape index (κ3) is 2.62. The van der Waals surface area contributed by atoms with Gasteiger partial charge in [-0.25, -0.2) is 9.97 Å². The molecule has 0 aliphatic carbocycles. The normalized spacial score (nSPS) is 10.8. The van der Waals surface area contributed by atoms with Crippen molar-refractivity contribution in [2.75, 3.05) is 0 Å². The summed E-state index contributed by atoms with van der Waals surface area (Å²) in [6.07, 6.45) is 0. The van der Waals surface area contributed by atoms with Crippen molar-refractivity contribution < 1.29 is 0 Å². The highest BCUT2D eigenvalue weighted by molar-refractivity contribution is 6.32. The van der Waals surface area contributed by atoms with Crippen LogP contribution in [0.5, 0.6) is 0 Å². The summed E-state index contributed by atoms with van der Waals surface area (Å²) in [6, 6.07) is 25.9. The molecule has 0 N–H and O–H groups in total. The molecule has 4 aromatic rings. The first-order chi connectivity index (χ1) is 11.3. The second kappa shape index (κ2) is 5.69. The minimum Gasteiger partial charge on any atom is -0.228 e. The second-order valence-electron chi connectivity index (χ2n) is 5.40. The van der Waals surface area contributed by atoms with E-state index in [0.717, 1.165) is 33.2 Å². The molecule has 2 nitrogen and oxygen atoms in total. The maximum atomic E-state index is 5.78. The molecule has 0 saturated carbocycles. The first-order valence-electron chi connectivity index (χ1n) is 7.49. The van der Waals surface area contributed by atoms with E-state index in [-0.39, 0.29) is 0 Å². The summed E-state index contributed by atoms with van der Waals surface area (Å²) in [5.41, 5.74) is 4.67. The summed E-state index contributed by atoms with van der Waals surface area (Å²) < 4.78 is 0. The van der Waals surface area contributed by atoms with Crippen molar-refractivity contribution >= 4 is 24.2 Å². The standard InChI is InChI=1S/C20H13BN2/c21-16-12-10-15(11-13-16)20-22-18-9-5-4-8-17(18)19(23-20)14-6-2-1-3-7-14/h1-13H. The molecular weight excluding hydrogens is 279 g/mol. The van der Waals surface area contributed by atoms with E-state index in [0.29, 0.717) is 5.82 Å². The van der Waals surface area contributed by atoms with Crippen LogP contribution in [-0.4, -0.2) is 17.8 Å². The van der Waals surface area contributed by atoms with E-state index in [1.165, 1.54) is 0 Å². The molecule has 4 rings (SSSR count). The topological polar surface area (TPSA) is 25.8 Å². The number of hydrogen-bond acceptors (Lipinski definition) is 2. The van der Waals surface area contributed by atoms with Crippen LogP contribution in [0.2, 0.25) is 0 Å². The Kier molecular flexibility index (Phi) is 3.39. The maximum Gasteiger partial charge on any atom is 0.160 e. The molecule has 23 heavy (non-hydrogen) atoms. The summed E-state index contributed by atoms with van der Waals surface area (Å²) >= 11 is 0. The molecule has 0 aliphatic rings. The van der Waals surface area contributed by atoms with Gasteiger partial charge in [0.25, 0.3) is 0 Å². The van der Waals surface area contributed by atoms with Gasteiger partial charge in [0.05, 0.1) is 11.2 Å². The van der Waals surface area contributed by atoms with Crippen molar-refractivity contribution in [3.05, 3.63) is 78.9 Å². The third-order valence-corrected chi connectivity index (χ3v) is 3.82. The Morgan fingerprint density at radius 1 is 0.609 bits per heavy atom. The van der Waals surface area contributed by atoms with Crippen LogP contribution in [0, 0.1) is 0 Å². The van der Waals surface area contributed by atoms with E-state index in [4.69, 9.17) is 17.8 Å². The van der Waals surface area contributed by atoms with Gasteiger partial charge >= 0.3 is 0 Å². The van der Waals surface area contributed by atoms with E-state index in [1.807, 2.05) is 60.7 Å². The molecule has 0 fully saturated rings. The predicted octanol–water partition coefficient (Wildman–Crippen LogP) is 3.76. The monoisotopic (exact) mass is 292 g/mol. The molecule has 0 atom stereocenters. The van der Waals surface area contributed by atoms with E-state index in [9.17, 15) is 0 Å². The van der Waals surface area contributed by atoms with Crippen molar-refractivity contribution in [3.63, 3.8) is 0 Å². The van der Waals surface area contributed by atoms with Gasteiger partial charge in [-0.1, -0.05) is 78.3 Å². The van der Waals surface area contributed by atoms with E-state index < -0.39 is 0 Å². The van der Waals surface area contributed by atoms with Crippen molar-refractivity contribution in [1.29, 1.82) is 0 Å². The van der Waals surface area contributed by atoms with Crippen LogP contribution in [0.25, 0.3) is 33.5 Å². The highest BCUT2D eigenvalue weighted by Gasteiger charge is 2.10. The fourth-order valence-electron chi connectivity index (χ4n) is 2.65. The average molecular weight is 292 g/mol. The first kappa shape index (κ1) is 13.7.